The van der Waals surface area contributed by atoms with Crippen LogP contribution in [0.25, 0.3) is 0 Å². The molecular weight excluding hydrogens is 469 g/mol. The second-order valence-electron chi connectivity index (χ2n) is 7.05. The Bertz CT molecular complexity index is 1210. The number of ether oxygens (including phenoxy) is 1. The van der Waals surface area contributed by atoms with Crippen molar-refractivity contribution in [2.45, 2.75) is 17.9 Å². The lowest BCUT2D eigenvalue weighted by atomic mass is 10.2. The molecule has 5 nitrogen and oxygen atoms in total. The Morgan fingerprint density at radius 2 is 1.36 bits per heavy atom. The lowest BCUT2D eigenvalue weighted by molar-refractivity contribution is 0.114. The molecule has 0 saturated carbocycles. The average molecular weight is 487 g/mol. The molecule has 0 aliphatic carbocycles. The first-order valence-corrected chi connectivity index (χ1v) is 10.9. The van der Waals surface area contributed by atoms with Gasteiger partial charge in [-0.3, -0.25) is 4.31 Å². The van der Waals surface area contributed by atoms with E-state index in [0.717, 1.165) is 12.1 Å². The summed E-state index contributed by atoms with van der Waals surface area (Å²) in [6, 6.07) is 13.0. The summed E-state index contributed by atoms with van der Waals surface area (Å²) in [6.07, 6.45) is -1.69. The van der Waals surface area contributed by atoms with Crippen LogP contribution in [0.15, 0.2) is 59.5 Å². The smallest absolute Gasteiger partial charge is 0.264 e. The maximum absolute atomic E-state index is 14.5. The summed E-state index contributed by atoms with van der Waals surface area (Å²) < 4.78 is 102. The van der Waals surface area contributed by atoms with Gasteiger partial charge in [0.25, 0.3) is 10.0 Å². The summed E-state index contributed by atoms with van der Waals surface area (Å²) in [7, 11) is -4.86. The summed E-state index contributed by atoms with van der Waals surface area (Å²) in [5, 5.41) is 10.3. The van der Waals surface area contributed by atoms with E-state index in [1.165, 1.54) is 24.3 Å². The molecule has 0 bridgehead atoms. The predicted molar refractivity (Wildman–Crippen MR) is 110 cm³/mol. The fraction of sp³-hybridized carbons (Fsp3) is 0.182. The van der Waals surface area contributed by atoms with Crippen LogP contribution >= 0.6 is 0 Å². The van der Waals surface area contributed by atoms with E-state index in [4.69, 9.17) is 4.74 Å². The highest BCUT2D eigenvalue weighted by molar-refractivity contribution is 7.92. The average Bonchev–Trinajstić information content (AvgIpc) is 2.80. The molecule has 0 heterocycles. The molecule has 0 aromatic heterocycles. The van der Waals surface area contributed by atoms with Crippen LogP contribution in [-0.4, -0.2) is 32.8 Å². The summed E-state index contributed by atoms with van der Waals surface area (Å²) in [5.74, 6) is -11.5. The van der Waals surface area contributed by atoms with Gasteiger partial charge in [-0.05, 0) is 31.2 Å². The minimum Gasteiger partial charge on any atom is -0.491 e. The van der Waals surface area contributed by atoms with Gasteiger partial charge in [-0.1, -0.05) is 35.9 Å². The molecule has 33 heavy (non-hydrogen) atoms. The number of anilines is 1. The molecule has 1 atom stereocenters. The highest BCUT2D eigenvalue weighted by Gasteiger charge is 2.36. The molecular formula is C22H18F5NO4S. The number of para-hydroxylation sites is 1. The molecule has 0 radical (unpaired) electrons. The third kappa shape index (κ3) is 5.09. The third-order valence-electron chi connectivity index (χ3n) is 4.61. The zero-order valence-corrected chi connectivity index (χ0v) is 17.9. The topological polar surface area (TPSA) is 66.8 Å². The molecule has 0 aliphatic heterocycles. The number of halogens is 5. The Balaban J connectivity index is 2.05. The number of hydrogen-bond donors (Lipinski definition) is 1. The minimum absolute atomic E-state index is 0.0487. The first-order valence-electron chi connectivity index (χ1n) is 9.50. The van der Waals surface area contributed by atoms with E-state index in [1.54, 1.807) is 25.1 Å². The second kappa shape index (κ2) is 9.75. The highest BCUT2D eigenvalue weighted by Crippen LogP contribution is 2.34. The lowest BCUT2D eigenvalue weighted by Gasteiger charge is -2.28. The van der Waals surface area contributed by atoms with E-state index in [0.29, 0.717) is 11.3 Å². The van der Waals surface area contributed by atoms with Gasteiger partial charge in [0.1, 0.15) is 24.1 Å². The molecule has 3 aromatic carbocycles. The van der Waals surface area contributed by atoms with Gasteiger partial charge in [0.2, 0.25) is 5.82 Å². The van der Waals surface area contributed by atoms with E-state index < -0.39 is 68.9 Å². The largest absolute Gasteiger partial charge is 0.491 e. The van der Waals surface area contributed by atoms with Gasteiger partial charge in [-0.2, -0.15) is 0 Å². The lowest BCUT2D eigenvalue weighted by Crippen LogP contribution is -2.41. The number of benzene rings is 3. The van der Waals surface area contributed by atoms with Crippen LogP contribution in [0.3, 0.4) is 0 Å². The van der Waals surface area contributed by atoms with E-state index in [2.05, 4.69) is 0 Å². The Hall–Kier alpha value is -3.18. The summed E-state index contributed by atoms with van der Waals surface area (Å²) >= 11 is 0. The Morgan fingerprint density at radius 1 is 0.848 bits per heavy atom. The van der Waals surface area contributed by atoms with Gasteiger partial charge in [0, 0.05) is 0 Å². The van der Waals surface area contributed by atoms with E-state index in [-0.39, 0.29) is 4.31 Å². The minimum atomic E-state index is -4.86. The predicted octanol–water partition coefficient (Wildman–Crippen LogP) is 4.33. The molecule has 11 heteroatoms. The Morgan fingerprint density at radius 3 is 1.91 bits per heavy atom. The van der Waals surface area contributed by atoms with Crippen molar-refractivity contribution in [1.29, 1.82) is 0 Å². The molecule has 1 N–H and O–H groups in total. The number of sulfonamides is 1. The Kier molecular flexibility index (Phi) is 7.23. The number of rotatable bonds is 8. The van der Waals surface area contributed by atoms with Crippen molar-refractivity contribution < 1.29 is 40.2 Å². The van der Waals surface area contributed by atoms with Crippen molar-refractivity contribution in [3.05, 3.63) is 89.2 Å². The molecule has 3 aromatic rings. The van der Waals surface area contributed by atoms with Crippen LogP contribution in [0.1, 0.15) is 5.56 Å². The van der Waals surface area contributed by atoms with Gasteiger partial charge < -0.3 is 9.84 Å². The third-order valence-corrected chi connectivity index (χ3v) is 6.39. The van der Waals surface area contributed by atoms with Crippen molar-refractivity contribution in [2.75, 3.05) is 17.5 Å². The monoisotopic (exact) mass is 487 g/mol. The SMILES string of the molecule is Cc1ccc(S(=O)(=O)N(CC(O)COc2ccccc2)c2c(F)c(F)c(F)c(F)c2F)cc1. The van der Waals surface area contributed by atoms with Gasteiger partial charge in [0.15, 0.2) is 23.3 Å². The van der Waals surface area contributed by atoms with E-state index in [9.17, 15) is 35.5 Å². The molecule has 176 valence electrons. The van der Waals surface area contributed by atoms with Crippen LogP contribution < -0.4 is 9.04 Å². The van der Waals surface area contributed by atoms with Gasteiger partial charge in [0.05, 0.1) is 11.4 Å². The summed E-state index contributed by atoms with van der Waals surface area (Å²) in [6.45, 7) is 0.0730. The Labute approximate surface area is 186 Å². The van der Waals surface area contributed by atoms with Crippen molar-refractivity contribution in [1.82, 2.24) is 0 Å². The molecule has 0 spiro atoms. The zero-order chi connectivity index (χ0) is 24.3. The maximum Gasteiger partial charge on any atom is 0.264 e. The number of hydrogen-bond acceptors (Lipinski definition) is 4. The van der Waals surface area contributed by atoms with Gasteiger partial charge in [-0.25, -0.2) is 30.4 Å². The van der Waals surface area contributed by atoms with Crippen molar-refractivity contribution in [3.8, 4) is 5.75 Å². The first-order chi connectivity index (χ1) is 15.5. The normalized spacial score (nSPS) is 12.5. The molecule has 1 unspecified atom stereocenters. The molecule has 0 fully saturated rings. The second-order valence-corrected chi connectivity index (χ2v) is 8.91. The summed E-state index contributed by atoms with van der Waals surface area (Å²) in [5.41, 5.74) is -1.04. The number of aliphatic hydroxyl groups is 1. The molecule has 0 amide bonds. The number of nitrogens with zero attached hydrogens (tertiary/aromatic N) is 1. The number of aryl methyl sites for hydroxylation is 1. The zero-order valence-electron chi connectivity index (χ0n) is 17.1. The van der Waals surface area contributed by atoms with Crippen LogP contribution in [0, 0.1) is 36.0 Å². The van der Waals surface area contributed by atoms with Crippen LogP contribution in [0.5, 0.6) is 5.75 Å². The molecule has 0 aliphatic rings. The highest BCUT2D eigenvalue weighted by atomic mass is 32.2. The molecule has 0 saturated heterocycles. The molecule has 3 rings (SSSR count). The van der Waals surface area contributed by atoms with Crippen molar-refractivity contribution >= 4 is 15.7 Å². The first kappa shape index (κ1) is 24.5. The van der Waals surface area contributed by atoms with E-state index in [1.807, 2.05) is 0 Å². The van der Waals surface area contributed by atoms with Gasteiger partial charge >= 0.3 is 0 Å². The summed E-state index contributed by atoms with van der Waals surface area (Å²) in [4.78, 5) is -0.479. The van der Waals surface area contributed by atoms with Gasteiger partial charge in [-0.15, -0.1) is 0 Å². The van der Waals surface area contributed by atoms with Crippen LogP contribution in [0.2, 0.25) is 0 Å². The standard InChI is InChI=1S/C22H18F5NO4S/c1-13-7-9-16(10-8-13)33(30,31)28(11-14(29)12-32-15-5-3-2-4-6-15)22-20(26)18(24)17(23)19(25)21(22)27/h2-10,14,29H,11-12H2,1H3. The maximum atomic E-state index is 14.5. The number of aliphatic hydroxyl groups excluding tert-OH is 1. The van der Waals surface area contributed by atoms with Crippen LogP contribution in [0.4, 0.5) is 27.6 Å². The van der Waals surface area contributed by atoms with E-state index >= 15 is 0 Å². The van der Waals surface area contributed by atoms with Crippen LogP contribution in [-0.2, 0) is 10.0 Å². The quantitative estimate of drug-likeness (QED) is 0.292. The fourth-order valence-electron chi connectivity index (χ4n) is 2.91. The van der Waals surface area contributed by atoms with Crippen molar-refractivity contribution in [3.63, 3.8) is 0 Å². The van der Waals surface area contributed by atoms with Crippen molar-refractivity contribution in [2.24, 2.45) is 0 Å². The fourth-order valence-corrected chi connectivity index (χ4v) is 4.42.